The van der Waals surface area contributed by atoms with Crippen molar-refractivity contribution in [2.75, 3.05) is 13.1 Å². The Balaban J connectivity index is 1.70. The van der Waals surface area contributed by atoms with Crippen molar-refractivity contribution in [3.05, 3.63) is 48.4 Å². The molecule has 1 aliphatic heterocycles. The van der Waals surface area contributed by atoms with E-state index in [0.717, 1.165) is 16.8 Å². The van der Waals surface area contributed by atoms with E-state index in [1.807, 2.05) is 31.2 Å². The molecule has 1 fully saturated rings. The van der Waals surface area contributed by atoms with Crippen LogP contribution in [0.25, 0.3) is 11.3 Å². The Morgan fingerprint density at radius 3 is 2.67 bits per heavy atom. The van der Waals surface area contributed by atoms with Gasteiger partial charge in [-0.1, -0.05) is 31.2 Å². The van der Waals surface area contributed by atoms with E-state index in [9.17, 15) is 9.18 Å². The second-order valence-electron chi connectivity index (χ2n) is 6.20. The highest BCUT2D eigenvalue weighted by Gasteiger charge is 2.31. The number of halogens is 1. The van der Waals surface area contributed by atoms with Crippen LogP contribution in [0.4, 0.5) is 4.39 Å². The van der Waals surface area contributed by atoms with E-state index < -0.39 is 12.2 Å². The molecule has 0 bridgehead atoms. The summed E-state index contributed by atoms with van der Waals surface area (Å²) >= 11 is 0. The van der Waals surface area contributed by atoms with Crippen molar-refractivity contribution in [3.63, 3.8) is 0 Å². The Morgan fingerprint density at radius 1 is 1.33 bits per heavy atom. The normalized spacial score (nSPS) is 20.0. The predicted octanol–water partition coefficient (Wildman–Crippen LogP) is 2.14. The largest absolute Gasteiger partial charge is 0.338 e. The number of likely N-dealkylation sites (tertiary alicyclic amines) is 1. The Kier molecular flexibility index (Phi) is 4.85. The number of rotatable bonds is 4. The predicted molar refractivity (Wildman–Crippen MR) is 90.0 cm³/mol. The quantitative estimate of drug-likeness (QED) is 0.933. The van der Waals surface area contributed by atoms with Gasteiger partial charge in [0.05, 0.1) is 24.5 Å². The van der Waals surface area contributed by atoms with Crippen molar-refractivity contribution < 1.29 is 9.18 Å². The summed E-state index contributed by atoms with van der Waals surface area (Å²) in [7, 11) is 0. The Bertz CT molecular complexity index is 692. The van der Waals surface area contributed by atoms with Crippen LogP contribution in [0.2, 0.25) is 0 Å². The molecule has 1 amide bonds. The maximum atomic E-state index is 13.3. The molecule has 126 valence electrons. The third-order valence-corrected chi connectivity index (χ3v) is 4.56. The van der Waals surface area contributed by atoms with Gasteiger partial charge in [0.25, 0.3) is 0 Å². The fourth-order valence-electron chi connectivity index (χ4n) is 2.96. The maximum Gasteiger partial charge on any atom is 0.240 e. The molecule has 0 aliphatic carbocycles. The van der Waals surface area contributed by atoms with Crippen LogP contribution in [-0.2, 0) is 4.79 Å². The van der Waals surface area contributed by atoms with E-state index in [-0.39, 0.29) is 18.4 Å². The second kappa shape index (κ2) is 7.05. The van der Waals surface area contributed by atoms with Gasteiger partial charge in [-0.25, -0.2) is 4.39 Å². The zero-order chi connectivity index (χ0) is 17.1. The minimum absolute atomic E-state index is 0.146. The molecule has 1 saturated heterocycles. The summed E-state index contributed by atoms with van der Waals surface area (Å²) in [6.45, 7) is 2.53. The zero-order valence-electron chi connectivity index (χ0n) is 13.6. The van der Waals surface area contributed by atoms with Gasteiger partial charge in [0.2, 0.25) is 5.91 Å². The molecule has 1 aliphatic rings. The standard InChI is InChI=1S/C18H21FN4O/c1-12(17(20)18(24)23-9-6-15(19)11-23)13-2-4-14(5-3-13)16-10-21-7-8-22-16/h2-5,7-8,10,12,15,17H,6,9,11,20H2,1H3/t12-,15-,17-/m0/s1. The molecule has 0 radical (unpaired) electrons. The first-order chi connectivity index (χ1) is 11.6. The molecule has 0 saturated carbocycles. The van der Waals surface area contributed by atoms with Crippen molar-refractivity contribution in [3.8, 4) is 11.3 Å². The molecule has 1 aromatic heterocycles. The summed E-state index contributed by atoms with van der Waals surface area (Å²) in [6, 6.07) is 7.12. The number of aromatic nitrogens is 2. The van der Waals surface area contributed by atoms with E-state index in [1.165, 1.54) is 4.90 Å². The first-order valence-electron chi connectivity index (χ1n) is 8.11. The molecule has 1 aromatic carbocycles. The van der Waals surface area contributed by atoms with Crippen molar-refractivity contribution in [1.82, 2.24) is 14.9 Å². The van der Waals surface area contributed by atoms with E-state index in [0.29, 0.717) is 13.0 Å². The summed E-state index contributed by atoms with van der Waals surface area (Å²) in [5.74, 6) is -0.326. The molecular weight excluding hydrogens is 307 g/mol. The lowest BCUT2D eigenvalue weighted by Crippen LogP contribution is -2.45. The Morgan fingerprint density at radius 2 is 2.08 bits per heavy atom. The van der Waals surface area contributed by atoms with Gasteiger partial charge in [-0.05, 0) is 12.0 Å². The SMILES string of the molecule is C[C@@H](c1ccc(-c2cnccn2)cc1)[C@H](N)C(=O)N1CC[C@H](F)C1. The first-order valence-corrected chi connectivity index (χ1v) is 8.11. The van der Waals surface area contributed by atoms with Crippen LogP contribution in [-0.4, -0.2) is 46.1 Å². The summed E-state index contributed by atoms with van der Waals surface area (Å²) in [6.07, 6.45) is 4.45. The van der Waals surface area contributed by atoms with E-state index in [2.05, 4.69) is 9.97 Å². The molecule has 24 heavy (non-hydrogen) atoms. The van der Waals surface area contributed by atoms with Crippen molar-refractivity contribution in [2.24, 2.45) is 5.73 Å². The van der Waals surface area contributed by atoms with Crippen molar-refractivity contribution >= 4 is 5.91 Å². The van der Waals surface area contributed by atoms with Gasteiger partial charge < -0.3 is 10.6 Å². The smallest absolute Gasteiger partial charge is 0.240 e. The van der Waals surface area contributed by atoms with Crippen LogP contribution in [0.1, 0.15) is 24.8 Å². The average molecular weight is 328 g/mol. The first kappa shape index (κ1) is 16.5. The maximum absolute atomic E-state index is 13.3. The van der Waals surface area contributed by atoms with Crippen LogP contribution in [0.5, 0.6) is 0 Å². The van der Waals surface area contributed by atoms with Crippen molar-refractivity contribution in [1.29, 1.82) is 0 Å². The minimum Gasteiger partial charge on any atom is -0.338 e. The third-order valence-electron chi connectivity index (χ3n) is 4.56. The highest BCUT2D eigenvalue weighted by Crippen LogP contribution is 2.24. The average Bonchev–Trinajstić information content (AvgIpc) is 3.07. The monoisotopic (exact) mass is 328 g/mol. The van der Waals surface area contributed by atoms with Gasteiger partial charge in [-0.2, -0.15) is 0 Å². The Hall–Kier alpha value is -2.34. The van der Waals surface area contributed by atoms with Crippen molar-refractivity contribution in [2.45, 2.75) is 31.5 Å². The van der Waals surface area contributed by atoms with Crippen LogP contribution in [0.3, 0.4) is 0 Å². The molecule has 5 nitrogen and oxygen atoms in total. The lowest BCUT2D eigenvalue weighted by Gasteiger charge is -2.25. The number of benzene rings is 1. The van der Waals surface area contributed by atoms with Gasteiger partial charge >= 0.3 is 0 Å². The van der Waals surface area contributed by atoms with E-state index >= 15 is 0 Å². The van der Waals surface area contributed by atoms with Crippen LogP contribution in [0, 0.1) is 0 Å². The van der Waals surface area contributed by atoms with Crippen LogP contribution >= 0.6 is 0 Å². The second-order valence-corrected chi connectivity index (χ2v) is 6.20. The summed E-state index contributed by atoms with van der Waals surface area (Å²) < 4.78 is 13.3. The highest BCUT2D eigenvalue weighted by molar-refractivity contribution is 5.83. The molecule has 0 spiro atoms. The van der Waals surface area contributed by atoms with Gasteiger partial charge in [0.1, 0.15) is 6.17 Å². The summed E-state index contributed by atoms with van der Waals surface area (Å²) in [4.78, 5) is 22.3. The number of nitrogens with two attached hydrogens (primary N) is 1. The summed E-state index contributed by atoms with van der Waals surface area (Å²) in [5, 5.41) is 0. The molecule has 6 heteroatoms. The number of amides is 1. The Labute approximate surface area is 140 Å². The van der Waals surface area contributed by atoms with E-state index in [4.69, 9.17) is 5.73 Å². The van der Waals surface area contributed by atoms with E-state index in [1.54, 1.807) is 18.6 Å². The van der Waals surface area contributed by atoms with Gasteiger partial charge in [-0.15, -0.1) is 0 Å². The lowest BCUT2D eigenvalue weighted by atomic mass is 9.92. The van der Waals surface area contributed by atoms with Crippen LogP contribution < -0.4 is 5.73 Å². The number of carbonyl (C=O) groups is 1. The van der Waals surface area contributed by atoms with Crippen LogP contribution in [0.15, 0.2) is 42.9 Å². The topological polar surface area (TPSA) is 72.1 Å². The molecule has 2 heterocycles. The third kappa shape index (κ3) is 3.43. The fraction of sp³-hybridized carbons (Fsp3) is 0.389. The summed E-state index contributed by atoms with van der Waals surface area (Å²) in [5.41, 5.74) is 8.85. The minimum atomic E-state index is -0.928. The fourth-order valence-corrected chi connectivity index (χ4v) is 2.96. The number of hydrogen-bond donors (Lipinski definition) is 1. The molecule has 2 N–H and O–H groups in total. The van der Waals surface area contributed by atoms with Gasteiger partial charge in [-0.3, -0.25) is 14.8 Å². The zero-order valence-corrected chi connectivity index (χ0v) is 13.6. The molecular formula is C18H21FN4O. The molecule has 0 unspecified atom stereocenters. The molecule has 3 atom stereocenters. The number of hydrogen-bond acceptors (Lipinski definition) is 4. The molecule has 3 rings (SSSR count). The van der Waals surface area contributed by atoms with Gasteiger partial charge in [0, 0.05) is 30.4 Å². The number of alkyl halides is 1. The highest BCUT2D eigenvalue weighted by atomic mass is 19.1. The number of carbonyl (C=O) groups excluding carboxylic acids is 1. The number of nitrogens with zero attached hydrogens (tertiary/aromatic N) is 3. The lowest BCUT2D eigenvalue weighted by molar-refractivity contribution is -0.132. The van der Waals surface area contributed by atoms with Gasteiger partial charge in [0.15, 0.2) is 0 Å². The molecule has 2 aromatic rings.